The molecule has 2 aromatic rings. The van der Waals surface area contributed by atoms with E-state index in [1.54, 1.807) is 0 Å². The van der Waals surface area contributed by atoms with E-state index in [-0.39, 0.29) is 0 Å². The molecule has 1 N–H and O–H groups in total. The number of nitrogens with zero attached hydrogens (tertiary/aromatic N) is 2. The van der Waals surface area contributed by atoms with Crippen LogP contribution in [0, 0.1) is 20.8 Å². The molecular formula is C17H23N3. The lowest BCUT2D eigenvalue weighted by atomic mass is 9.96. The van der Waals surface area contributed by atoms with E-state index in [9.17, 15) is 0 Å². The van der Waals surface area contributed by atoms with Crippen LogP contribution in [0.2, 0.25) is 0 Å². The standard InChI is InChI=1S/C17H23N3/c1-11-8-12(2)16(13(3)9-11)17-14-6-5-7-20(14)15(19-17)10-18-4/h8-9,18H,5-7,10H2,1-4H3. The fraction of sp³-hybridized carbons (Fsp3) is 0.471. The molecule has 1 aliphatic heterocycles. The zero-order valence-corrected chi connectivity index (χ0v) is 12.9. The number of imidazole rings is 1. The Hall–Kier alpha value is -1.61. The Morgan fingerprint density at radius 3 is 2.55 bits per heavy atom. The van der Waals surface area contributed by atoms with Crippen molar-refractivity contribution in [1.82, 2.24) is 14.9 Å². The van der Waals surface area contributed by atoms with Gasteiger partial charge in [-0.1, -0.05) is 17.7 Å². The van der Waals surface area contributed by atoms with Crippen LogP contribution in [0.25, 0.3) is 11.3 Å². The number of nitrogens with one attached hydrogen (secondary N) is 1. The number of aromatic nitrogens is 2. The molecule has 106 valence electrons. The first kappa shape index (κ1) is 13.4. The summed E-state index contributed by atoms with van der Waals surface area (Å²) < 4.78 is 2.41. The Balaban J connectivity index is 2.18. The molecule has 0 saturated carbocycles. The van der Waals surface area contributed by atoms with Gasteiger partial charge in [-0.25, -0.2) is 4.98 Å². The van der Waals surface area contributed by atoms with Gasteiger partial charge in [0.05, 0.1) is 12.2 Å². The fourth-order valence-electron chi connectivity index (χ4n) is 3.51. The average molecular weight is 269 g/mol. The first-order chi connectivity index (χ1) is 9.61. The molecule has 0 fully saturated rings. The molecule has 1 aromatic heterocycles. The lowest BCUT2D eigenvalue weighted by Gasteiger charge is -2.10. The van der Waals surface area contributed by atoms with Gasteiger partial charge in [0, 0.05) is 17.8 Å². The lowest BCUT2D eigenvalue weighted by molar-refractivity contribution is 0.653. The molecule has 20 heavy (non-hydrogen) atoms. The molecule has 0 atom stereocenters. The molecule has 3 nitrogen and oxygen atoms in total. The smallest absolute Gasteiger partial charge is 0.123 e. The third kappa shape index (κ3) is 2.06. The molecule has 3 rings (SSSR count). The lowest BCUT2D eigenvalue weighted by Crippen LogP contribution is -2.11. The zero-order valence-electron chi connectivity index (χ0n) is 12.9. The van der Waals surface area contributed by atoms with Gasteiger partial charge in [0.25, 0.3) is 0 Å². The third-order valence-electron chi connectivity index (χ3n) is 4.20. The monoisotopic (exact) mass is 269 g/mol. The SMILES string of the molecule is CNCc1nc(-c2c(C)cc(C)cc2C)c2n1CCC2. The summed E-state index contributed by atoms with van der Waals surface area (Å²) in [4.78, 5) is 4.94. The molecule has 1 aliphatic rings. The van der Waals surface area contributed by atoms with Gasteiger partial charge in [0.1, 0.15) is 5.82 Å². The molecule has 0 bridgehead atoms. The zero-order chi connectivity index (χ0) is 14.3. The Morgan fingerprint density at radius 1 is 1.20 bits per heavy atom. The molecule has 3 heteroatoms. The minimum absolute atomic E-state index is 0.844. The highest BCUT2D eigenvalue weighted by Crippen LogP contribution is 2.34. The Labute approximate surface area is 121 Å². The van der Waals surface area contributed by atoms with Crippen LogP contribution in [0.5, 0.6) is 0 Å². The van der Waals surface area contributed by atoms with Gasteiger partial charge in [-0.2, -0.15) is 0 Å². The summed E-state index contributed by atoms with van der Waals surface area (Å²) in [5, 5.41) is 3.23. The minimum Gasteiger partial charge on any atom is -0.330 e. The summed E-state index contributed by atoms with van der Waals surface area (Å²) in [6, 6.07) is 4.53. The predicted molar refractivity (Wildman–Crippen MR) is 83.0 cm³/mol. The van der Waals surface area contributed by atoms with E-state index in [1.807, 2.05) is 7.05 Å². The van der Waals surface area contributed by atoms with Gasteiger partial charge >= 0.3 is 0 Å². The van der Waals surface area contributed by atoms with E-state index < -0.39 is 0 Å². The summed E-state index contributed by atoms with van der Waals surface area (Å²) in [7, 11) is 1.98. The van der Waals surface area contributed by atoms with Crippen molar-refractivity contribution in [3.8, 4) is 11.3 Å². The second-order valence-corrected chi connectivity index (χ2v) is 5.88. The quantitative estimate of drug-likeness (QED) is 0.927. The fourth-order valence-corrected chi connectivity index (χ4v) is 3.51. The normalized spacial score (nSPS) is 13.8. The molecule has 2 heterocycles. The van der Waals surface area contributed by atoms with Crippen molar-refractivity contribution in [2.45, 2.75) is 46.7 Å². The van der Waals surface area contributed by atoms with Crippen LogP contribution in [0.3, 0.4) is 0 Å². The maximum absolute atomic E-state index is 4.94. The van der Waals surface area contributed by atoms with Crippen molar-refractivity contribution in [1.29, 1.82) is 0 Å². The molecule has 0 saturated heterocycles. The number of benzene rings is 1. The maximum atomic E-state index is 4.94. The minimum atomic E-state index is 0.844. The van der Waals surface area contributed by atoms with Crippen molar-refractivity contribution in [3.05, 3.63) is 40.3 Å². The topological polar surface area (TPSA) is 29.9 Å². The van der Waals surface area contributed by atoms with Gasteiger partial charge in [-0.3, -0.25) is 0 Å². The number of hydrogen-bond acceptors (Lipinski definition) is 2. The van der Waals surface area contributed by atoms with E-state index in [1.165, 1.54) is 45.9 Å². The van der Waals surface area contributed by atoms with Crippen molar-refractivity contribution in [2.75, 3.05) is 7.05 Å². The largest absolute Gasteiger partial charge is 0.330 e. The second-order valence-electron chi connectivity index (χ2n) is 5.88. The average Bonchev–Trinajstić information content (AvgIpc) is 2.93. The summed E-state index contributed by atoms with van der Waals surface area (Å²) in [5.41, 5.74) is 7.98. The maximum Gasteiger partial charge on any atom is 0.123 e. The van der Waals surface area contributed by atoms with Gasteiger partial charge in [-0.15, -0.1) is 0 Å². The molecule has 0 aliphatic carbocycles. The predicted octanol–water partition coefficient (Wildman–Crippen LogP) is 3.14. The van der Waals surface area contributed by atoms with E-state index in [0.717, 1.165) is 19.5 Å². The summed E-state index contributed by atoms with van der Waals surface area (Å²) >= 11 is 0. The van der Waals surface area contributed by atoms with Crippen LogP contribution in [0.15, 0.2) is 12.1 Å². The Kier molecular flexibility index (Phi) is 3.38. The molecule has 0 unspecified atom stereocenters. The van der Waals surface area contributed by atoms with Crippen LogP contribution < -0.4 is 5.32 Å². The van der Waals surface area contributed by atoms with Crippen molar-refractivity contribution in [3.63, 3.8) is 0 Å². The number of rotatable bonds is 3. The van der Waals surface area contributed by atoms with Gasteiger partial charge in [0.2, 0.25) is 0 Å². The number of fused-ring (bicyclic) bond motifs is 1. The van der Waals surface area contributed by atoms with E-state index in [2.05, 4.69) is 42.8 Å². The van der Waals surface area contributed by atoms with Crippen molar-refractivity contribution in [2.24, 2.45) is 0 Å². The van der Waals surface area contributed by atoms with Crippen LogP contribution in [0.1, 0.15) is 34.6 Å². The molecule has 0 amide bonds. The molecule has 1 aromatic carbocycles. The first-order valence-corrected chi connectivity index (χ1v) is 7.43. The Bertz CT molecular complexity index is 629. The Morgan fingerprint density at radius 2 is 1.90 bits per heavy atom. The van der Waals surface area contributed by atoms with Crippen LogP contribution in [-0.2, 0) is 19.5 Å². The molecule has 0 radical (unpaired) electrons. The van der Waals surface area contributed by atoms with E-state index >= 15 is 0 Å². The van der Waals surface area contributed by atoms with Crippen LogP contribution in [0.4, 0.5) is 0 Å². The number of aryl methyl sites for hydroxylation is 3. The van der Waals surface area contributed by atoms with Gasteiger partial charge < -0.3 is 9.88 Å². The second kappa shape index (κ2) is 5.06. The summed E-state index contributed by atoms with van der Waals surface area (Å²) in [6.45, 7) is 8.52. The van der Waals surface area contributed by atoms with Crippen molar-refractivity contribution < 1.29 is 0 Å². The summed E-state index contributed by atoms with van der Waals surface area (Å²) in [5.74, 6) is 1.18. The van der Waals surface area contributed by atoms with Gasteiger partial charge in [0.15, 0.2) is 0 Å². The third-order valence-corrected chi connectivity index (χ3v) is 4.20. The van der Waals surface area contributed by atoms with Crippen molar-refractivity contribution >= 4 is 0 Å². The molecule has 0 spiro atoms. The summed E-state index contributed by atoms with van der Waals surface area (Å²) in [6.07, 6.45) is 2.39. The van der Waals surface area contributed by atoms with Gasteiger partial charge in [-0.05, 0) is 51.8 Å². The highest BCUT2D eigenvalue weighted by atomic mass is 15.1. The molecular weight excluding hydrogens is 246 g/mol. The highest BCUT2D eigenvalue weighted by molar-refractivity contribution is 5.71. The van der Waals surface area contributed by atoms with Crippen LogP contribution >= 0.6 is 0 Å². The van der Waals surface area contributed by atoms with E-state index in [4.69, 9.17) is 4.98 Å². The van der Waals surface area contributed by atoms with Crippen LogP contribution in [-0.4, -0.2) is 16.6 Å². The van der Waals surface area contributed by atoms with E-state index in [0.29, 0.717) is 0 Å². The highest BCUT2D eigenvalue weighted by Gasteiger charge is 2.23. The number of hydrogen-bond donors (Lipinski definition) is 1. The first-order valence-electron chi connectivity index (χ1n) is 7.43.